The minimum Gasteiger partial charge on any atom is -0.439 e. The van der Waals surface area contributed by atoms with Crippen LogP contribution >= 0.6 is 0 Å². The minimum atomic E-state index is -4.57. The van der Waals surface area contributed by atoms with Crippen molar-refractivity contribution in [3.05, 3.63) is 65.9 Å². The van der Waals surface area contributed by atoms with Crippen LogP contribution in [0, 0.1) is 17.7 Å². The summed E-state index contributed by atoms with van der Waals surface area (Å²) in [6.07, 6.45) is -0.567. The summed E-state index contributed by atoms with van der Waals surface area (Å²) in [7, 11) is 0. The summed E-state index contributed by atoms with van der Waals surface area (Å²) in [6, 6.07) is 7.11. The summed E-state index contributed by atoms with van der Waals surface area (Å²) >= 11 is 0. The van der Waals surface area contributed by atoms with E-state index in [1.165, 1.54) is 22.7 Å². The maximum atomic E-state index is 15.4. The average molecular weight is 539 g/mol. The van der Waals surface area contributed by atoms with Crippen molar-refractivity contribution in [2.75, 3.05) is 18.8 Å². The van der Waals surface area contributed by atoms with Crippen molar-refractivity contribution in [1.82, 2.24) is 24.3 Å². The van der Waals surface area contributed by atoms with Gasteiger partial charge in [0.05, 0.1) is 22.3 Å². The van der Waals surface area contributed by atoms with Crippen molar-refractivity contribution in [3.8, 4) is 34.9 Å². The number of pyridine rings is 1. The molecule has 1 aliphatic rings. The van der Waals surface area contributed by atoms with E-state index in [4.69, 9.17) is 15.5 Å². The molecule has 8 nitrogen and oxygen atoms in total. The normalized spacial score (nSPS) is 15.6. The van der Waals surface area contributed by atoms with Crippen molar-refractivity contribution in [2.24, 2.45) is 0 Å². The molecule has 0 bridgehead atoms. The summed E-state index contributed by atoms with van der Waals surface area (Å²) in [6.45, 7) is 2.59. The number of aromatic nitrogens is 4. The molecule has 0 aliphatic carbocycles. The molecule has 1 aromatic carbocycles. The van der Waals surface area contributed by atoms with Gasteiger partial charge in [0.15, 0.2) is 5.82 Å². The third-order valence-corrected chi connectivity index (χ3v) is 6.40. The van der Waals surface area contributed by atoms with E-state index in [1.54, 1.807) is 17.9 Å². The van der Waals surface area contributed by atoms with Gasteiger partial charge in [0.2, 0.25) is 11.8 Å². The van der Waals surface area contributed by atoms with E-state index in [0.717, 1.165) is 37.2 Å². The fourth-order valence-corrected chi connectivity index (χ4v) is 4.64. The number of anilines is 1. The van der Waals surface area contributed by atoms with E-state index < -0.39 is 17.6 Å². The van der Waals surface area contributed by atoms with Gasteiger partial charge in [0.25, 0.3) is 5.91 Å². The van der Waals surface area contributed by atoms with E-state index in [-0.39, 0.29) is 40.8 Å². The van der Waals surface area contributed by atoms with Gasteiger partial charge >= 0.3 is 6.18 Å². The number of nitrogen functional groups attached to an aromatic ring is 1. The number of hydrogen-bond acceptors (Lipinski definition) is 6. The maximum absolute atomic E-state index is 15.4. The number of benzene rings is 1. The van der Waals surface area contributed by atoms with E-state index >= 15 is 4.39 Å². The Morgan fingerprint density at radius 2 is 1.95 bits per heavy atom. The number of amides is 1. The molecule has 0 radical (unpaired) electrons. The molecule has 1 aliphatic heterocycles. The van der Waals surface area contributed by atoms with Gasteiger partial charge in [-0.3, -0.25) is 9.20 Å². The van der Waals surface area contributed by atoms with Crippen LogP contribution in [-0.2, 0) is 11.0 Å². The zero-order valence-corrected chi connectivity index (χ0v) is 20.7. The molecule has 39 heavy (non-hydrogen) atoms. The number of nitrogens with two attached hydrogens (primary N) is 1. The Kier molecular flexibility index (Phi) is 6.82. The first kappa shape index (κ1) is 26.0. The molecule has 3 aromatic heterocycles. The molecule has 0 spiro atoms. The van der Waals surface area contributed by atoms with Crippen LogP contribution in [0.5, 0.6) is 11.6 Å². The molecular weight excluding hydrogens is 516 g/mol. The second-order valence-corrected chi connectivity index (χ2v) is 8.93. The first-order chi connectivity index (χ1) is 18.7. The lowest BCUT2D eigenvalue weighted by atomic mass is 9.94. The number of likely N-dealkylation sites (tertiary alicyclic amines) is 1. The lowest BCUT2D eigenvalue weighted by molar-refractivity contribution is -0.137. The molecule has 2 N–H and O–H groups in total. The summed E-state index contributed by atoms with van der Waals surface area (Å²) < 4.78 is 61.4. The van der Waals surface area contributed by atoms with Crippen LogP contribution in [0.25, 0.3) is 16.9 Å². The van der Waals surface area contributed by atoms with Crippen molar-refractivity contribution < 1.29 is 27.1 Å². The highest BCUT2D eigenvalue weighted by molar-refractivity contribution is 5.93. The number of fused-ring (bicyclic) bond motifs is 1. The highest BCUT2D eigenvalue weighted by Crippen LogP contribution is 2.36. The highest BCUT2D eigenvalue weighted by atomic mass is 19.4. The Morgan fingerprint density at radius 3 is 2.69 bits per heavy atom. The van der Waals surface area contributed by atoms with Crippen LogP contribution in [0.2, 0.25) is 0 Å². The summed E-state index contributed by atoms with van der Waals surface area (Å²) in [5, 5.41) is 0. The molecule has 4 heterocycles. The van der Waals surface area contributed by atoms with Gasteiger partial charge < -0.3 is 15.4 Å². The predicted molar refractivity (Wildman–Crippen MR) is 134 cm³/mol. The molecule has 1 fully saturated rings. The number of piperidine rings is 1. The molecule has 0 saturated carbocycles. The fourth-order valence-electron chi connectivity index (χ4n) is 4.64. The molecule has 1 unspecified atom stereocenters. The number of ether oxygens (including phenoxy) is 1. The van der Waals surface area contributed by atoms with Crippen LogP contribution < -0.4 is 10.5 Å². The Bertz CT molecular complexity index is 1620. The minimum absolute atomic E-state index is 0.0475. The Morgan fingerprint density at radius 1 is 1.15 bits per heavy atom. The van der Waals surface area contributed by atoms with Crippen molar-refractivity contribution in [3.63, 3.8) is 0 Å². The van der Waals surface area contributed by atoms with Crippen LogP contribution in [0.15, 0.2) is 48.8 Å². The van der Waals surface area contributed by atoms with E-state index in [1.807, 2.05) is 0 Å². The van der Waals surface area contributed by atoms with Crippen molar-refractivity contribution >= 4 is 17.4 Å². The molecule has 5 rings (SSSR count). The lowest BCUT2D eigenvalue weighted by Crippen LogP contribution is -2.38. The predicted octanol–water partition coefficient (Wildman–Crippen LogP) is 5.05. The molecule has 12 heteroatoms. The Balaban J connectivity index is 1.49. The van der Waals surface area contributed by atoms with Gasteiger partial charge in [0.1, 0.15) is 11.6 Å². The van der Waals surface area contributed by atoms with Crippen LogP contribution in [0.3, 0.4) is 0 Å². The molecule has 1 saturated heterocycles. The first-order valence-electron chi connectivity index (χ1n) is 12.0. The van der Waals surface area contributed by atoms with E-state index in [0.29, 0.717) is 24.3 Å². The molecule has 4 aromatic rings. The number of hydrogen-bond donors (Lipinski definition) is 1. The fraction of sp³-hybridized carbons (Fsp3) is 0.259. The third-order valence-electron chi connectivity index (χ3n) is 6.40. The molecule has 1 amide bonds. The van der Waals surface area contributed by atoms with Gasteiger partial charge in [-0.15, -0.1) is 0 Å². The zero-order valence-electron chi connectivity index (χ0n) is 20.7. The summed E-state index contributed by atoms with van der Waals surface area (Å²) in [5.74, 6) is 3.97. The largest absolute Gasteiger partial charge is 0.439 e. The quantitative estimate of drug-likeness (QED) is 0.288. The monoisotopic (exact) mass is 538 g/mol. The van der Waals surface area contributed by atoms with Gasteiger partial charge in [-0.2, -0.15) is 13.2 Å². The Hall–Kier alpha value is -4.66. The van der Waals surface area contributed by atoms with Gasteiger partial charge in [-0.1, -0.05) is 5.92 Å². The second kappa shape index (κ2) is 10.2. The number of nitrogens with zero attached hydrogens (tertiary/aromatic N) is 5. The molecule has 200 valence electrons. The first-order valence-corrected chi connectivity index (χ1v) is 12.0. The van der Waals surface area contributed by atoms with Gasteiger partial charge in [-0.25, -0.2) is 19.3 Å². The van der Waals surface area contributed by atoms with Crippen LogP contribution in [-0.4, -0.2) is 43.2 Å². The maximum Gasteiger partial charge on any atom is 0.416 e. The molecular formula is C27H22F4N6O2. The van der Waals surface area contributed by atoms with Crippen LogP contribution in [0.4, 0.5) is 23.5 Å². The third kappa shape index (κ3) is 5.20. The number of carbonyl (C=O) groups excluding carboxylic acids is 1. The number of rotatable bonds is 4. The van der Waals surface area contributed by atoms with E-state index in [9.17, 15) is 18.0 Å². The average Bonchev–Trinajstić information content (AvgIpc) is 3.29. The smallest absolute Gasteiger partial charge is 0.416 e. The van der Waals surface area contributed by atoms with E-state index in [2.05, 4.69) is 21.8 Å². The Labute approximate surface area is 220 Å². The van der Waals surface area contributed by atoms with Crippen molar-refractivity contribution in [2.45, 2.75) is 31.9 Å². The van der Waals surface area contributed by atoms with Gasteiger partial charge in [-0.05, 0) is 50.0 Å². The standard InChI is InChI=1S/C27H22F4N6O2/c1-2-4-23(38)36-12-3-5-16(15-36)24-21-9-11-34-26(32)37(21)25(35-24)19-7-6-18(14-20(19)28)39-22-13-17(8-10-33-22)27(29,30)31/h6-11,13-14,16H,3,5,12,15H2,1H3,(H2,32,34). The summed E-state index contributed by atoms with van der Waals surface area (Å²) in [4.78, 5) is 26.7. The number of imidazole rings is 1. The highest BCUT2D eigenvalue weighted by Gasteiger charge is 2.31. The SMILES string of the molecule is CC#CC(=O)N1CCCC(c2nc(-c3ccc(Oc4cc(C(F)(F)F)ccn4)cc3F)n3c(N)nccc23)C1. The number of halogens is 4. The number of alkyl halides is 3. The lowest BCUT2D eigenvalue weighted by Gasteiger charge is -2.30. The second-order valence-electron chi connectivity index (χ2n) is 8.93. The van der Waals surface area contributed by atoms with Gasteiger partial charge in [0, 0.05) is 43.5 Å². The summed E-state index contributed by atoms with van der Waals surface area (Å²) in [5.41, 5.74) is 6.59. The zero-order chi connectivity index (χ0) is 27.7. The van der Waals surface area contributed by atoms with Crippen molar-refractivity contribution in [1.29, 1.82) is 0 Å². The molecule has 1 atom stereocenters. The topological polar surface area (TPSA) is 98.6 Å². The number of carbonyl (C=O) groups is 1. The van der Waals surface area contributed by atoms with Crippen LogP contribution in [0.1, 0.15) is 36.9 Å².